The van der Waals surface area contributed by atoms with Crippen LogP contribution in [0.4, 0.5) is 5.69 Å². The predicted molar refractivity (Wildman–Crippen MR) is 412 cm³/mol. The van der Waals surface area contributed by atoms with Gasteiger partial charge in [-0.2, -0.15) is 0 Å². The molecule has 0 saturated heterocycles. The molecule has 1 heterocycles. The molecular weight excluding hydrogens is 1290 g/mol. The molecular formula is C84H90NO15P. The molecule has 0 aliphatic carbocycles. The number of hydrogen-bond acceptors (Lipinski definition) is 15. The average molecular weight is 1380 g/mol. The molecule has 17 heteroatoms. The minimum atomic E-state index is -4.12. The van der Waals surface area contributed by atoms with Gasteiger partial charge in [0.1, 0.15) is 46.0 Å². The lowest BCUT2D eigenvalue weighted by molar-refractivity contribution is 0.0717. The van der Waals surface area contributed by atoms with Gasteiger partial charge in [0.2, 0.25) is 0 Å². The fourth-order valence-corrected chi connectivity index (χ4v) is 12.6. The number of phenolic OH excluding ortho intramolecular Hbond substituents is 2. The van der Waals surface area contributed by atoms with Gasteiger partial charge < -0.3 is 43.7 Å². The highest BCUT2D eigenvalue weighted by Crippen LogP contribution is 2.55. The summed E-state index contributed by atoms with van der Waals surface area (Å²) in [5.41, 5.74) is 3.57. The zero-order chi connectivity index (χ0) is 63.3. The van der Waals surface area contributed by atoms with Crippen LogP contribution in [0.5, 0.6) is 46.0 Å². The highest BCUT2D eigenvalue weighted by Gasteiger charge is 2.41. The standard InChI is InChI=1S/C51H34NO11P.C23H16O4.10CH4/c1-59-39-21-16-31(17-22-39)49(55)61-41-25-26-45(47(30-41)64(58)46-12-5-3-10-43(46)42-9-2-4-11-44(42)63-64)62-51(57)36-8-6-7-35(28-36)50(56)60-40-23-18-37(19-24-40)52-48(54)34-14-13-33-29-38(53)20-15-32(33)27-34;1-14(24)15-2-3-19-13-22(9-7-17(19)10-15)27-23(26)20-5-4-18-12-21(25)8-6-16(18)11-20;;;;;;;;;;/h2-30,53H,1H3,(H,52,54);2-13,25H,1H3;10*1H4. The third-order valence-electron chi connectivity index (χ3n) is 14.8. The van der Waals surface area contributed by atoms with E-state index in [9.17, 15) is 39.0 Å². The summed E-state index contributed by atoms with van der Waals surface area (Å²) in [5.74, 6) is -1.44. The number of aromatic hydroxyl groups is 2. The Labute approximate surface area is 593 Å². The Morgan fingerprint density at radius 1 is 0.356 bits per heavy atom. The molecule has 101 heavy (non-hydrogen) atoms. The van der Waals surface area contributed by atoms with Gasteiger partial charge >= 0.3 is 31.2 Å². The molecule has 1 atom stereocenters. The Bertz CT molecular complexity index is 4970. The van der Waals surface area contributed by atoms with Crippen molar-refractivity contribution in [3.8, 4) is 57.1 Å². The van der Waals surface area contributed by atoms with Crippen molar-refractivity contribution in [2.24, 2.45) is 0 Å². The molecule has 1 aliphatic heterocycles. The van der Waals surface area contributed by atoms with Gasteiger partial charge in [-0.05, 0) is 209 Å². The summed E-state index contributed by atoms with van der Waals surface area (Å²) in [5, 5.41) is 27.4. The largest absolute Gasteiger partial charge is 0.508 e. The number of methoxy groups -OCH3 is 1. The van der Waals surface area contributed by atoms with E-state index in [1.54, 1.807) is 152 Å². The summed E-state index contributed by atoms with van der Waals surface area (Å²) in [7, 11) is -2.61. The van der Waals surface area contributed by atoms with Crippen molar-refractivity contribution in [2.75, 3.05) is 12.4 Å². The lowest BCUT2D eigenvalue weighted by Crippen LogP contribution is -2.27. The van der Waals surface area contributed by atoms with Crippen molar-refractivity contribution in [3.05, 3.63) is 282 Å². The zero-order valence-electron chi connectivity index (χ0n) is 48.3. The number of Topliss-reactive ketones (excluding diaryl/α,β-unsaturated/α-hetero) is 1. The van der Waals surface area contributed by atoms with Crippen LogP contribution in [-0.4, -0.2) is 52.9 Å². The van der Waals surface area contributed by atoms with Crippen LogP contribution in [0, 0.1) is 0 Å². The molecule has 1 aliphatic rings. The van der Waals surface area contributed by atoms with Crippen LogP contribution >= 0.6 is 7.37 Å². The van der Waals surface area contributed by atoms with Crippen molar-refractivity contribution >= 4 is 91.6 Å². The number of carbonyl (C=O) groups excluding carboxylic acids is 6. The monoisotopic (exact) mass is 1380 g/mol. The molecule has 0 radical (unpaired) electrons. The molecule has 0 spiro atoms. The Morgan fingerprint density at radius 3 is 1.37 bits per heavy atom. The number of rotatable bonds is 13. The fraction of sp³-hybridized carbons (Fsp3) is 0.143. The number of amides is 1. The number of esters is 4. The molecule has 12 aromatic rings. The van der Waals surface area contributed by atoms with Gasteiger partial charge in [-0.25, -0.2) is 19.2 Å². The van der Waals surface area contributed by atoms with Crippen LogP contribution in [0.25, 0.3) is 43.4 Å². The summed E-state index contributed by atoms with van der Waals surface area (Å²) < 4.78 is 49.7. The first-order chi connectivity index (χ1) is 44.0. The molecule has 12 aromatic carbocycles. The topological polar surface area (TPSA) is 227 Å². The second-order valence-electron chi connectivity index (χ2n) is 20.9. The summed E-state index contributed by atoms with van der Waals surface area (Å²) in [6.45, 7) is 1.53. The Kier molecular flexibility index (Phi) is 30.7. The smallest absolute Gasteiger partial charge is 0.343 e. The molecule has 0 saturated carbocycles. The number of fused-ring (bicyclic) bond motifs is 6. The number of hydrogen-bond donors (Lipinski definition) is 3. The van der Waals surface area contributed by atoms with Gasteiger partial charge in [-0.1, -0.05) is 159 Å². The number of para-hydroxylation sites is 1. The summed E-state index contributed by atoms with van der Waals surface area (Å²) in [6, 6.07) is 67.4. The lowest BCUT2D eigenvalue weighted by atomic mass is 10.0. The molecule has 1 amide bonds. The van der Waals surface area contributed by atoms with E-state index in [4.69, 9.17) is 28.2 Å². The average Bonchev–Trinajstić information content (AvgIpc) is 0.730. The first-order valence-corrected chi connectivity index (χ1v) is 29.8. The minimum absolute atomic E-state index is 0. The Balaban J connectivity index is 0.000000799. The molecule has 3 N–H and O–H groups in total. The van der Waals surface area contributed by atoms with Gasteiger partial charge in [-0.3, -0.25) is 14.2 Å². The van der Waals surface area contributed by atoms with Crippen molar-refractivity contribution in [1.82, 2.24) is 0 Å². The van der Waals surface area contributed by atoms with Crippen molar-refractivity contribution < 1.29 is 71.8 Å². The van der Waals surface area contributed by atoms with Crippen LogP contribution in [0.15, 0.2) is 249 Å². The molecule has 0 aromatic heterocycles. The highest BCUT2D eigenvalue weighted by atomic mass is 31.2. The maximum absolute atomic E-state index is 15.4. The molecule has 0 fully saturated rings. The highest BCUT2D eigenvalue weighted by molar-refractivity contribution is 7.75. The van der Waals surface area contributed by atoms with Crippen LogP contribution < -0.4 is 44.1 Å². The number of carbonyl (C=O) groups is 6. The third-order valence-corrected chi connectivity index (χ3v) is 17.3. The quantitative estimate of drug-likeness (QED) is 0.0422. The van der Waals surface area contributed by atoms with E-state index < -0.39 is 31.2 Å². The van der Waals surface area contributed by atoms with E-state index in [-0.39, 0.29) is 137 Å². The third kappa shape index (κ3) is 18.8. The van der Waals surface area contributed by atoms with Gasteiger partial charge in [0.05, 0.1) is 40.0 Å². The first kappa shape index (κ1) is 85.0. The zero-order valence-corrected chi connectivity index (χ0v) is 49.2. The van der Waals surface area contributed by atoms with Gasteiger partial charge in [0, 0.05) is 22.4 Å². The van der Waals surface area contributed by atoms with Crippen molar-refractivity contribution in [1.29, 1.82) is 0 Å². The van der Waals surface area contributed by atoms with E-state index >= 15 is 4.57 Å². The van der Waals surface area contributed by atoms with Crippen LogP contribution in [-0.2, 0) is 4.57 Å². The molecule has 13 rings (SSSR count). The van der Waals surface area contributed by atoms with Gasteiger partial charge in [0.15, 0.2) is 5.78 Å². The Hall–Kier alpha value is -12.1. The van der Waals surface area contributed by atoms with Crippen molar-refractivity contribution in [3.63, 3.8) is 0 Å². The van der Waals surface area contributed by atoms with E-state index in [0.29, 0.717) is 50.5 Å². The first-order valence-electron chi connectivity index (χ1n) is 28.2. The van der Waals surface area contributed by atoms with Crippen LogP contribution in [0.1, 0.15) is 143 Å². The number of nitrogens with one attached hydrogen (secondary N) is 1. The maximum Gasteiger partial charge on any atom is 0.343 e. The van der Waals surface area contributed by atoms with E-state index in [1.165, 1.54) is 68.6 Å². The number of ketones is 1. The molecule has 526 valence electrons. The molecule has 1 unspecified atom stereocenters. The number of benzene rings is 12. The van der Waals surface area contributed by atoms with Gasteiger partial charge in [0.25, 0.3) is 5.91 Å². The van der Waals surface area contributed by atoms with Crippen LogP contribution in [0.3, 0.4) is 0 Å². The minimum Gasteiger partial charge on any atom is -0.508 e. The van der Waals surface area contributed by atoms with Crippen molar-refractivity contribution in [2.45, 2.75) is 81.2 Å². The van der Waals surface area contributed by atoms with E-state index in [2.05, 4.69) is 5.32 Å². The summed E-state index contributed by atoms with van der Waals surface area (Å²) in [6.07, 6.45) is 0. The van der Waals surface area contributed by atoms with Gasteiger partial charge in [-0.15, -0.1) is 0 Å². The van der Waals surface area contributed by atoms with E-state index in [1.807, 2.05) is 42.5 Å². The second kappa shape index (κ2) is 36.5. The Morgan fingerprint density at radius 2 is 0.772 bits per heavy atom. The number of anilines is 1. The van der Waals surface area contributed by atoms with Crippen LogP contribution in [0.2, 0.25) is 0 Å². The summed E-state index contributed by atoms with van der Waals surface area (Å²) in [4.78, 5) is 77.4. The number of phenols is 2. The lowest BCUT2D eigenvalue weighted by Gasteiger charge is -2.29. The van der Waals surface area contributed by atoms with E-state index in [0.717, 1.165) is 37.9 Å². The molecule has 0 bridgehead atoms. The maximum atomic E-state index is 15.4. The second-order valence-corrected chi connectivity index (χ2v) is 23.2. The summed E-state index contributed by atoms with van der Waals surface area (Å²) >= 11 is 0. The predicted octanol–water partition coefficient (Wildman–Crippen LogP) is 21.2. The fourth-order valence-electron chi connectivity index (χ4n) is 10.2. The SMILES string of the molecule is C.C.C.C.C.C.C.C.C.C.CC(=O)c1ccc2cc(OC(=O)c3ccc4cc(O)ccc4c3)ccc2c1.COc1ccc(C(=O)Oc2ccc(OC(=O)c3cccc(C(=O)Oc4ccc(NC(=O)c5ccc6cc(O)ccc6c5)cc4)c3)c(P3(=O)Oc4ccccc4-c4ccccc43)c2)cc1. The normalized spacial score (nSPS) is 11.5. The number of ether oxygens (including phenoxy) is 5. The molecule has 16 nitrogen and oxygen atoms in total.